The minimum absolute atomic E-state index is 0.0296. The van der Waals surface area contributed by atoms with Crippen LogP contribution in [0.2, 0.25) is 0 Å². The van der Waals surface area contributed by atoms with Gasteiger partial charge in [0.05, 0.1) is 17.7 Å². The van der Waals surface area contributed by atoms with Crippen molar-refractivity contribution in [3.63, 3.8) is 0 Å². The molecule has 0 unspecified atom stereocenters. The summed E-state index contributed by atoms with van der Waals surface area (Å²) in [5.41, 5.74) is -2.28. The molecule has 0 aliphatic carbocycles. The van der Waals surface area contributed by atoms with Crippen LogP contribution in [0.3, 0.4) is 0 Å². The van der Waals surface area contributed by atoms with Crippen molar-refractivity contribution in [2.45, 2.75) is 19.5 Å². The van der Waals surface area contributed by atoms with Crippen molar-refractivity contribution in [3.8, 4) is 16.9 Å². The maximum Gasteiger partial charge on any atom is 0.573 e. The van der Waals surface area contributed by atoms with E-state index in [1.807, 2.05) is 0 Å². The van der Waals surface area contributed by atoms with Gasteiger partial charge in [0.2, 0.25) is 0 Å². The van der Waals surface area contributed by atoms with Gasteiger partial charge in [-0.15, -0.1) is 13.2 Å². The highest BCUT2D eigenvalue weighted by atomic mass is 19.4. The van der Waals surface area contributed by atoms with E-state index < -0.39 is 35.4 Å². The summed E-state index contributed by atoms with van der Waals surface area (Å²) in [5.74, 6) is -1.71. The second kappa shape index (κ2) is 7.27. The smallest absolute Gasteiger partial charge is 0.462 e. The number of benzene rings is 2. The zero-order valence-electron chi connectivity index (χ0n) is 13.2. The first kappa shape index (κ1) is 19.6. The van der Waals surface area contributed by atoms with Crippen LogP contribution in [0, 0.1) is 0 Å². The number of hydrogen-bond acceptors (Lipinski definition) is 3. The molecular formula is C17H12F6O3. The van der Waals surface area contributed by atoms with Gasteiger partial charge in [0.1, 0.15) is 5.75 Å². The van der Waals surface area contributed by atoms with Crippen molar-refractivity contribution >= 4 is 5.97 Å². The van der Waals surface area contributed by atoms with Gasteiger partial charge >= 0.3 is 18.5 Å². The fourth-order valence-electron chi connectivity index (χ4n) is 2.31. The van der Waals surface area contributed by atoms with Gasteiger partial charge in [-0.1, -0.05) is 24.3 Å². The topological polar surface area (TPSA) is 35.5 Å². The third kappa shape index (κ3) is 4.68. The summed E-state index contributed by atoms with van der Waals surface area (Å²) in [6, 6.07) is 7.19. The second-order valence-electron chi connectivity index (χ2n) is 5.02. The summed E-state index contributed by atoms with van der Waals surface area (Å²) in [4.78, 5) is 11.8. The quantitative estimate of drug-likeness (QED) is 0.524. The van der Waals surface area contributed by atoms with E-state index in [2.05, 4.69) is 9.47 Å². The predicted octanol–water partition coefficient (Wildman–Crippen LogP) is 5.45. The van der Waals surface area contributed by atoms with Gasteiger partial charge in [-0.2, -0.15) is 13.2 Å². The van der Waals surface area contributed by atoms with Crippen LogP contribution in [-0.2, 0) is 10.9 Å². The Balaban J connectivity index is 2.52. The predicted molar refractivity (Wildman–Crippen MR) is 79.5 cm³/mol. The van der Waals surface area contributed by atoms with Crippen LogP contribution >= 0.6 is 0 Å². The molecule has 0 amide bonds. The molecule has 0 N–H and O–H groups in total. The van der Waals surface area contributed by atoms with E-state index in [9.17, 15) is 31.1 Å². The number of alkyl halides is 6. The minimum atomic E-state index is -4.91. The second-order valence-corrected chi connectivity index (χ2v) is 5.02. The van der Waals surface area contributed by atoms with Gasteiger partial charge < -0.3 is 9.47 Å². The Morgan fingerprint density at radius 1 is 0.962 bits per heavy atom. The Bertz CT molecular complexity index is 779. The van der Waals surface area contributed by atoms with Crippen LogP contribution in [0.4, 0.5) is 26.3 Å². The van der Waals surface area contributed by atoms with Gasteiger partial charge in [0.15, 0.2) is 0 Å². The number of halogens is 6. The fraction of sp³-hybridized carbons (Fsp3) is 0.235. The molecule has 3 nitrogen and oxygen atoms in total. The van der Waals surface area contributed by atoms with Crippen LogP contribution in [0.1, 0.15) is 22.8 Å². The number of hydrogen-bond donors (Lipinski definition) is 0. The van der Waals surface area contributed by atoms with Crippen LogP contribution in [0.15, 0.2) is 42.5 Å². The Morgan fingerprint density at radius 2 is 1.58 bits per heavy atom. The summed E-state index contributed by atoms with van der Waals surface area (Å²) in [5, 5.41) is 0. The van der Waals surface area contributed by atoms with E-state index in [0.717, 1.165) is 36.4 Å². The molecule has 0 atom stereocenters. The van der Waals surface area contributed by atoms with Crippen molar-refractivity contribution in [1.82, 2.24) is 0 Å². The van der Waals surface area contributed by atoms with E-state index in [-0.39, 0.29) is 17.7 Å². The molecule has 0 bridgehead atoms. The lowest BCUT2D eigenvalue weighted by molar-refractivity contribution is -0.274. The van der Waals surface area contributed by atoms with Crippen molar-refractivity contribution in [3.05, 3.63) is 53.6 Å². The zero-order chi connectivity index (χ0) is 19.5. The molecule has 9 heteroatoms. The Hall–Kier alpha value is -2.71. The van der Waals surface area contributed by atoms with E-state index in [1.54, 1.807) is 0 Å². The first-order chi connectivity index (χ1) is 12.0. The molecule has 0 aliphatic rings. The maximum absolute atomic E-state index is 13.5. The van der Waals surface area contributed by atoms with Crippen LogP contribution in [0.25, 0.3) is 11.1 Å². The molecule has 2 rings (SSSR count). The standard InChI is InChI=1S/C17H12F6O3/c1-2-25-15(24)13-5-3-4-12(14(13)16(18,19)20)10-6-8-11(9-7-10)26-17(21,22)23/h3-9H,2H2,1H3. The summed E-state index contributed by atoms with van der Waals surface area (Å²) < 4.78 is 85.4. The van der Waals surface area contributed by atoms with Crippen molar-refractivity contribution < 1.29 is 40.6 Å². The molecule has 0 aliphatic heterocycles. The SMILES string of the molecule is CCOC(=O)c1cccc(-c2ccc(OC(F)(F)F)cc2)c1C(F)(F)F. The molecule has 2 aromatic rings. The average Bonchev–Trinajstić information content (AvgIpc) is 2.53. The molecule has 0 spiro atoms. The third-order valence-corrected chi connectivity index (χ3v) is 3.24. The lowest BCUT2D eigenvalue weighted by Gasteiger charge is -2.17. The van der Waals surface area contributed by atoms with Gasteiger partial charge in [-0.3, -0.25) is 0 Å². The maximum atomic E-state index is 13.5. The van der Waals surface area contributed by atoms with E-state index in [4.69, 9.17) is 0 Å². The number of carbonyl (C=O) groups is 1. The summed E-state index contributed by atoms with van der Waals surface area (Å²) >= 11 is 0. The molecule has 0 heterocycles. The lowest BCUT2D eigenvalue weighted by atomic mass is 9.95. The molecule has 2 aromatic carbocycles. The van der Waals surface area contributed by atoms with Crippen LogP contribution < -0.4 is 4.74 Å². The molecule has 0 aromatic heterocycles. The van der Waals surface area contributed by atoms with E-state index in [1.165, 1.54) is 13.0 Å². The van der Waals surface area contributed by atoms with Crippen molar-refractivity contribution in [2.24, 2.45) is 0 Å². The van der Waals surface area contributed by atoms with Gasteiger partial charge in [-0.05, 0) is 36.2 Å². The van der Waals surface area contributed by atoms with Gasteiger partial charge in [0.25, 0.3) is 0 Å². The number of rotatable bonds is 4. The largest absolute Gasteiger partial charge is 0.573 e. The summed E-state index contributed by atoms with van der Waals surface area (Å²) in [6.07, 6.45) is -9.79. The van der Waals surface area contributed by atoms with E-state index >= 15 is 0 Å². The molecule has 26 heavy (non-hydrogen) atoms. The number of carbonyl (C=O) groups excluding carboxylic acids is 1. The Labute approximate surface area is 144 Å². The van der Waals surface area contributed by atoms with E-state index in [0.29, 0.717) is 0 Å². The monoisotopic (exact) mass is 378 g/mol. The van der Waals surface area contributed by atoms with Crippen molar-refractivity contribution in [2.75, 3.05) is 6.61 Å². The first-order valence-electron chi connectivity index (χ1n) is 7.26. The van der Waals surface area contributed by atoms with Crippen molar-refractivity contribution in [1.29, 1.82) is 0 Å². The summed E-state index contributed by atoms with van der Waals surface area (Å²) in [7, 11) is 0. The van der Waals surface area contributed by atoms with Gasteiger partial charge in [0, 0.05) is 0 Å². The normalized spacial score (nSPS) is 12.0. The first-order valence-corrected chi connectivity index (χ1v) is 7.26. The van der Waals surface area contributed by atoms with Crippen LogP contribution in [-0.4, -0.2) is 18.9 Å². The highest BCUT2D eigenvalue weighted by Gasteiger charge is 2.38. The molecule has 0 saturated heterocycles. The average molecular weight is 378 g/mol. The lowest BCUT2D eigenvalue weighted by Crippen LogP contribution is -2.17. The Morgan fingerprint density at radius 3 is 2.08 bits per heavy atom. The highest BCUT2D eigenvalue weighted by molar-refractivity contribution is 5.94. The summed E-state index contributed by atoms with van der Waals surface area (Å²) in [6.45, 7) is 1.35. The number of ether oxygens (including phenoxy) is 2. The molecule has 0 radical (unpaired) electrons. The molecule has 0 fully saturated rings. The van der Waals surface area contributed by atoms with Gasteiger partial charge in [-0.25, -0.2) is 4.79 Å². The molecule has 140 valence electrons. The minimum Gasteiger partial charge on any atom is -0.462 e. The highest BCUT2D eigenvalue weighted by Crippen LogP contribution is 2.40. The van der Waals surface area contributed by atoms with Crippen LogP contribution in [0.5, 0.6) is 5.75 Å². The molecular weight excluding hydrogens is 366 g/mol. The number of esters is 1. The zero-order valence-corrected chi connectivity index (χ0v) is 13.2. The fourth-order valence-corrected chi connectivity index (χ4v) is 2.31. The third-order valence-electron chi connectivity index (χ3n) is 3.24. The molecule has 0 saturated carbocycles. The Kier molecular flexibility index (Phi) is 5.48.